The first-order valence-corrected chi connectivity index (χ1v) is 5.62. The number of nitrogens with two attached hydrogens (primary N) is 1. The van der Waals surface area contributed by atoms with Gasteiger partial charge in [-0.25, -0.2) is 0 Å². The monoisotopic (exact) mass is 219 g/mol. The van der Waals surface area contributed by atoms with Crippen LogP contribution >= 0.6 is 0 Å². The number of methoxy groups -OCH3 is 1. The van der Waals surface area contributed by atoms with E-state index in [4.69, 9.17) is 19.9 Å². The molecule has 0 fully saturated rings. The minimum Gasteiger partial charge on any atom is -0.382 e. The normalized spacial score (nSPS) is 12.0. The molecule has 0 saturated carbocycles. The van der Waals surface area contributed by atoms with Gasteiger partial charge in [0.1, 0.15) is 0 Å². The van der Waals surface area contributed by atoms with E-state index in [9.17, 15) is 0 Å². The molecule has 0 heterocycles. The molecule has 0 aromatic rings. The van der Waals surface area contributed by atoms with E-state index >= 15 is 0 Å². The SMILES string of the molecule is CCC(N)(CC)COCCOCCOC. The number of hydrogen-bond acceptors (Lipinski definition) is 4. The standard InChI is InChI=1S/C11H25NO3/c1-4-11(12,5-2)10-15-9-8-14-7-6-13-3/h4-10,12H2,1-3H3. The lowest BCUT2D eigenvalue weighted by Gasteiger charge is -2.26. The zero-order valence-electron chi connectivity index (χ0n) is 10.3. The van der Waals surface area contributed by atoms with E-state index < -0.39 is 0 Å². The van der Waals surface area contributed by atoms with Crippen LogP contribution in [-0.4, -0.2) is 45.7 Å². The third kappa shape index (κ3) is 7.73. The summed E-state index contributed by atoms with van der Waals surface area (Å²) < 4.78 is 15.6. The van der Waals surface area contributed by atoms with Crippen LogP contribution < -0.4 is 5.73 Å². The number of rotatable bonds is 10. The lowest BCUT2D eigenvalue weighted by Crippen LogP contribution is -2.43. The number of hydrogen-bond donors (Lipinski definition) is 1. The molecule has 0 spiro atoms. The van der Waals surface area contributed by atoms with Gasteiger partial charge in [-0.3, -0.25) is 0 Å². The van der Waals surface area contributed by atoms with Crippen molar-refractivity contribution in [2.24, 2.45) is 5.73 Å². The van der Waals surface area contributed by atoms with Gasteiger partial charge in [0.05, 0.1) is 33.0 Å². The lowest BCUT2D eigenvalue weighted by molar-refractivity contribution is 0.0101. The second-order valence-corrected chi connectivity index (χ2v) is 3.73. The van der Waals surface area contributed by atoms with Crippen molar-refractivity contribution in [3.8, 4) is 0 Å². The molecule has 0 aliphatic heterocycles. The molecule has 2 N–H and O–H groups in total. The molecular weight excluding hydrogens is 194 g/mol. The van der Waals surface area contributed by atoms with Gasteiger partial charge in [0.2, 0.25) is 0 Å². The molecule has 15 heavy (non-hydrogen) atoms. The van der Waals surface area contributed by atoms with Gasteiger partial charge in [-0.2, -0.15) is 0 Å². The average Bonchev–Trinajstić information content (AvgIpc) is 2.27. The molecule has 0 saturated heterocycles. The first-order chi connectivity index (χ1) is 7.18. The maximum Gasteiger partial charge on any atom is 0.0701 e. The Hall–Kier alpha value is -0.160. The van der Waals surface area contributed by atoms with Crippen LogP contribution in [0.4, 0.5) is 0 Å². The summed E-state index contributed by atoms with van der Waals surface area (Å²) in [6.07, 6.45) is 1.88. The first-order valence-electron chi connectivity index (χ1n) is 5.62. The second kappa shape index (κ2) is 9.09. The minimum atomic E-state index is -0.174. The first kappa shape index (κ1) is 14.8. The van der Waals surface area contributed by atoms with Crippen molar-refractivity contribution in [2.75, 3.05) is 40.1 Å². The molecular formula is C11H25NO3. The van der Waals surface area contributed by atoms with Gasteiger partial charge >= 0.3 is 0 Å². The van der Waals surface area contributed by atoms with Crippen LogP contribution in [0.1, 0.15) is 26.7 Å². The zero-order chi connectivity index (χ0) is 11.6. The quantitative estimate of drug-likeness (QED) is 0.561. The smallest absolute Gasteiger partial charge is 0.0701 e. The summed E-state index contributed by atoms with van der Waals surface area (Å²) in [5, 5.41) is 0. The highest BCUT2D eigenvalue weighted by atomic mass is 16.5. The Kier molecular flexibility index (Phi) is 9.00. The Morgan fingerprint density at radius 2 is 1.47 bits per heavy atom. The highest BCUT2D eigenvalue weighted by Gasteiger charge is 2.19. The summed E-state index contributed by atoms with van der Waals surface area (Å²) >= 11 is 0. The molecule has 4 heteroatoms. The lowest BCUT2D eigenvalue weighted by atomic mass is 9.96. The van der Waals surface area contributed by atoms with E-state index in [0.717, 1.165) is 12.8 Å². The maximum atomic E-state index is 6.07. The fourth-order valence-electron chi connectivity index (χ4n) is 1.09. The van der Waals surface area contributed by atoms with E-state index in [1.54, 1.807) is 7.11 Å². The van der Waals surface area contributed by atoms with E-state index in [-0.39, 0.29) is 5.54 Å². The van der Waals surface area contributed by atoms with Crippen LogP contribution in [0.3, 0.4) is 0 Å². The van der Waals surface area contributed by atoms with Gasteiger partial charge in [-0.15, -0.1) is 0 Å². The summed E-state index contributed by atoms with van der Waals surface area (Å²) in [6, 6.07) is 0. The largest absolute Gasteiger partial charge is 0.382 e. The van der Waals surface area contributed by atoms with Crippen molar-refractivity contribution in [2.45, 2.75) is 32.2 Å². The molecule has 0 aromatic heterocycles. The van der Waals surface area contributed by atoms with E-state index in [0.29, 0.717) is 33.0 Å². The molecule has 0 aliphatic rings. The molecule has 92 valence electrons. The summed E-state index contributed by atoms with van der Waals surface area (Å²) in [5.74, 6) is 0. The topological polar surface area (TPSA) is 53.7 Å². The molecule has 0 aromatic carbocycles. The molecule has 0 radical (unpaired) electrons. The molecule has 0 atom stereocenters. The minimum absolute atomic E-state index is 0.174. The van der Waals surface area contributed by atoms with Crippen molar-refractivity contribution in [3.63, 3.8) is 0 Å². The van der Waals surface area contributed by atoms with Crippen LogP contribution in [0.15, 0.2) is 0 Å². The Morgan fingerprint density at radius 3 is 2.00 bits per heavy atom. The van der Waals surface area contributed by atoms with Crippen molar-refractivity contribution in [3.05, 3.63) is 0 Å². The van der Waals surface area contributed by atoms with Crippen molar-refractivity contribution in [1.82, 2.24) is 0 Å². The van der Waals surface area contributed by atoms with Crippen molar-refractivity contribution >= 4 is 0 Å². The van der Waals surface area contributed by atoms with Gasteiger partial charge in [0.15, 0.2) is 0 Å². The van der Waals surface area contributed by atoms with Crippen LogP contribution in [0.5, 0.6) is 0 Å². The fraction of sp³-hybridized carbons (Fsp3) is 1.00. The van der Waals surface area contributed by atoms with E-state index in [2.05, 4.69) is 13.8 Å². The molecule has 4 nitrogen and oxygen atoms in total. The molecule has 0 amide bonds. The highest BCUT2D eigenvalue weighted by Crippen LogP contribution is 2.10. The van der Waals surface area contributed by atoms with Crippen LogP contribution in [0, 0.1) is 0 Å². The Bertz CT molecular complexity index is 138. The summed E-state index contributed by atoms with van der Waals surface area (Å²) in [4.78, 5) is 0. The highest BCUT2D eigenvalue weighted by molar-refractivity contribution is 4.80. The Labute approximate surface area is 93.1 Å². The van der Waals surface area contributed by atoms with Crippen LogP contribution in [0.25, 0.3) is 0 Å². The summed E-state index contributed by atoms with van der Waals surface area (Å²) in [5.41, 5.74) is 5.90. The molecule has 0 aliphatic carbocycles. The Morgan fingerprint density at radius 1 is 0.933 bits per heavy atom. The van der Waals surface area contributed by atoms with Crippen molar-refractivity contribution in [1.29, 1.82) is 0 Å². The fourth-order valence-corrected chi connectivity index (χ4v) is 1.09. The summed E-state index contributed by atoms with van der Waals surface area (Å²) in [7, 11) is 1.66. The Balaban J connectivity index is 3.29. The van der Waals surface area contributed by atoms with E-state index in [1.807, 2.05) is 0 Å². The third-order valence-corrected chi connectivity index (χ3v) is 2.60. The predicted octanol–water partition coefficient (Wildman–Crippen LogP) is 1.18. The van der Waals surface area contributed by atoms with Crippen LogP contribution in [0.2, 0.25) is 0 Å². The predicted molar refractivity (Wildman–Crippen MR) is 61.0 cm³/mol. The van der Waals surface area contributed by atoms with E-state index in [1.165, 1.54) is 0 Å². The zero-order valence-corrected chi connectivity index (χ0v) is 10.3. The maximum absolute atomic E-state index is 6.07. The van der Waals surface area contributed by atoms with Crippen molar-refractivity contribution < 1.29 is 14.2 Å². The van der Waals surface area contributed by atoms with Gasteiger partial charge in [-0.1, -0.05) is 13.8 Å². The van der Waals surface area contributed by atoms with Gasteiger partial charge < -0.3 is 19.9 Å². The number of ether oxygens (including phenoxy) is 3. The second-order valence-electron chi connectivity index (χ2n) is 3.73. The third-order valence-electron chi connectivity index (χ3n) is 2.60. The molecule has 0 unspecified atom stereocenters. The van der Waals surface area contributed by atoms with Gasteiger partial charge in [0, 0.05) is 12.6 Å². The van der Waals surface area contributed by atoms with Gasteiger partial charge in [-0.05, 0) is 12.8 Å². The molecule has 0 rings (SSSR count). The van der Waals surface area contributed by atoms with Crippen LogP contribution in [-0.2, 0) is 14.2 Å². The van der Waals surface area contributed by atoms with Gasteiger partial charge in [0.25, 0.3) is 0 Å². The average molecular weight is 219 g/mol. The molecule has 0 bridgehead atoms. The summed E-state index contributed by atoms with van der Waals surface area (Å²) in [6.45, 7) is 7.23.